The molecule has 0 unspecified atom stereocenters. The molecule has 0 aliphatic carbocycles. The molecule has 3 rings (SSSR count). The van der Waals surface area contributed by atoms with Gasteiger partial charge in [0.05, 0.1) is 6.10 Å². The molecule has 0 bridgehead atoms. The molecule has 5 heteroatoms. The van der Waals surface area contributed by atoms with Gasteiger partial charge in [0.25, 0.3) is 0 Å². The van der Waals surface area contributed by atoms with Crippen LogP contribution in [0.2, 0.25) is 5.02 Å². The van der Waals surface area contributed by atoms with Gasteiger partial charge in [-0.15, -0.1) is 0 Å². The van der Waals surface area contributed by atoms with E-state index in [4.69, 9.17) is 21.1 Å². The fourth-order valence-corrected chi connectivity index (χ4v) is 3.55. The number of ether oxygens (including phenoxy) is 2. The molecule has 0 aromatic heterocycles. The summed E-state index contributed by atoms with van der Waals surface area (Å²) in [7, 11) is 0. The second-order valence-electron chi connectivity index (χ2n) is 7.24. The molecule has 146 valence electrons. The van der Waals surface area contributed by atoms with E-state index in [0.717, 1.165) is 32.5 Å². The van der Waals surface area contributed by atoms with Gasteiger partial charge in [0, 0.05) is 31.3 Å². The summed E-state index contributed by atoms with van der Waals surface area (Å²) in [6, 6.07) is 15.7. The summed E-state index contributed by atoms with van der Waals surface area (Å²) < 4.78 is 11.5. The fourth-order valence-electron chi connectivity index (χ4n) is 3.42. The Morgan fingerprint density at radius 3 is 2.78 bits per heavy atom. The van der Waals surface area contributed by atoms with E-state index in [1.54, 1.807) is 12.1 Å². The van der Waals surface area contributed by atoms with E-state index in [1.165, 1.54) is 11.1 Å². The summed E-state index contributed by atoms with van der Waals surface area (Å²) in [5, 5.41) is 11.2. The third kappa shape index (κ3) is 6.82. The summed E-state index contributed by atoms with van der Waals surface area (Å²) in [6.07, 6.45) is 1.87. The maximum Gasteiger partial charge on any atom is 0.119 e. The van der Waals surface area contributed by atoms with Crippen molar-refractivity contribution < 1.29 is 14.6 Å². The Bertz CT molecular complexity index is 701. The lowest BCUT2D eigenvalue weighted by molar-refractivity contribution is 0.0313. The first-order valence-electron chi connectivity index (χ1n) is 9.54. The smallest absolute Gasteiger partial charge is 0.119 e. The van der Waals surface area contributed by atoms with Gasteiger partial charge in [0.2, 0.25) is 0 Å². The first-order valence-corrected chi connectivity index (χ1v) is 9.92. The summed E-state index contributed by atoms with van der Waals surface area (Å²) in [5.74, 6) is 0.711. The molecule has 0 saturated carbocycles. The first-order chi connectivity index (χ1) is 13.1. The summed E-state index contributed by atoms with van der Waals surface area (Å²) in [4.78, 5) is 2.26. The van der Waals surface area contributed by atoms with Crippen molar-refractivity contribution in [3.8, 4) is 5.75 Å². The van der Waals surface area contributed by atoms with Gasteiger partial charge >= 0.3 is 0 Å². The third-order valence-corrected chi connectivity index (χ3v) is 4.95. The maximum absolute atomic E-state index is 10.5. The molecule has 0 radical (unpaired) electrons. The molecule has 4 nitrogen and oxygen atoms in total. The largest absolute Gasteiger partial charge is 0.491 e. The topological polar surface area (TPSA) is 41.9 Å². The maximum atomic E-state index is 10.5. The molecular formula is C22H28ClNO3. The average Bonchev–Trinajstić information content (AvgIpc) is 3.14. The quantitative estimate of drug-likeness (QED) is 0.702. The second kappa shape index (κ2) is 10.1. The number of benzene rings is 2. The second-order valence-corrected chi connectivity index (χ2v) is 7.67. The highest BCUT2D eigenvalue weighted by atomic mass is 35.5. The van der Waals surface area contributed by atoms with Crippen molar-refractivity contribution in [1.82, 2.24) is 4.90 Å². The van der Waals surface area contributed by atoms with Crippen LogP contribution in [-0.2, 0) is 11.3 Å². The molecule has 1 aliphatic rings. The van der Waals surface area contributed by atoms with Crippen LogP contribution < -0.4 is 4.74 Å². The lowest BCUT2D eigenvalue weighted by Crippen LogP contribution is -2.39. The standard InChI is InChI=1S/C22H28ClNO3/c1-17-4-2-5-18(12-17)13-24(15-22-6-3-11-26-22)14-20(25)16-27-21-9-7-19(23)8-10-21/h2,4-5,7-10,12,20,22,25H,3,6,11,13-16H2,1H3/t20-,22-/m1/s1. The van der Waals surface area contributed by atoms with E-state index >= 15 is 0 Å². The number of aryl methyl sites for hydroxylation is 1. The number of hydrogen-bond acceptors (Lipinski definition) is 4. The van der Waals surface area contributed by atoms with Crippen LogP contribution in [0.5, 0.6) is 5.75 Å². The Labute approximate surface area is 166 Å². The predicted octanol–water partition coefficient (Wildman–Crippen LogP) is 4.07. The molecule has 0 amide bonds. The van der Waals surface area contributed by atoms with E-state index in [9.17, 15) is 5.11 Å². The van der Waals surface area contributed by atoms with Crippen LogP contribution in [0, 0.1) is 6.92 Å². The Morgan fingerprint density at radius 2 is 2.07 bits per heavy atom. The molecule has 1 fully saturated rings. The van der Waals surface area contributed by atoms with Crippen molar-refractivity contribution in [2.45, 2.75) is 38.5 Å². The normalized spacial score (nSPS) is 18.0. The highest BCUT2D eigenvalue weighted by Crippen LogP contribution is 2.18. The van der Waals surface area contributed by atoms with Gasteiger partial charge in [0.15, 0.2) is 0 Å². The molecule has 0 spiro atoms. The van der Waals surface area contributed by atoms with Crippen LogP contribution in [0.3, 0.4) is 0 Å². The predicted molar refractivity (Wildman–Crippen MR) is 108 cm³/mol. The lowest BCUT2D eigenvalue weighted by atomic mass is 10.1. The molecule has 2 atom stereocenters. The van der Waals surface area contributed by atoms with E-state index in [2.05, 4.69) is 36.1 Å². The molecule has 1 N–H and O–H groups in total. The van der Waals surface area contributed by atoms with Gasteiger partial charge in [0.1, 0.15) is 18.5 Å². The number of aliphatic hydroxyl groups is 1. The number of rotatable bonds is 9. The molecule has 2 aromatic rings. The number of halogens is 1. The SMILES string of the molecule is Cc1cccc(CN(C[C@@H](O)COc2ccc(Cl)cc2)C[C@H]2CCCO2)c1. The molecule has 1 aliphatic heterocycles. The summed E-state index contributed by atoms with van der Waals surface area (Å²) >= 11 is 5.89. The van der Waals surface area contributed by atoms with Crippen LogP contribution in [0.1, 0.15) is 24.0 Å². The van der Waals surface area contributed by atoms with E-state index in [1.807, 2.05) is 12.1 Å². The minimum Gasteiger partial charge on any atom is -0.491 e. The van der Waals surface area contributed by atoms with Crippen LogP contribution in [0.15, 0.2) is 48.5 Å². The highest BCUT2D eigenvalue weighted by Gasteiger charge is 2.21. The zero-order chi connectivity index (χ0) is 19.1. The Morgan fingerprint density at radius 1 is 1.26 bits per heavy atom. The summed E-state index contributed by atoms with van der Waals surface area (Å²) in [5.41, 5.74) is 2.50. The van der Waals surface area contributed by atoms with Gasteiger partial charge < -0.3 is 14.6 Å². The molecule has 1 heterocycles. The van der Waals surface area contributed by atoms with Gasteiger partial charge in [-0.1, -0.05) is 41.4 Å². The molecule has 2 aromatic carbocycles. The van der Waals surface area contributed by atoms with Gasteiger partial charge in [-0.25, -0.2) is 0 Å². The zero-order valence-electron chi connectivity index (χ0n) is 15.8. The third-order valence-electron chi connectivity index (χ3n) is 4.70. The van der Waals surface area contributed by atoms with E-state index < -0.39 is 6.10 Å². The van der Waals surface area contributed by atoms with E-state index in [-0.39, 0.29) is 12.7 Å². The van der Waals surface area contributed by atoms with Crippen molar-refractivity contribution in [1.29, 1.82) is 0 Å². The zero-order valence-corrected chi connectivity index (χ0v) is 16.6. The van der Waals surface area contributed by atoms with Crippen LogP contribution >= 0.6 is 11.6 Å². The van der Waals surface area contributed by atoms with Crippen molar-refractivity contribution in [2.75, 3.05) is 26.3 Å². The molecular weight excluding hydrogens is 362 g/mol. The Hall–Kier alpha value is -1.59. The fraction of sp³-hybridized carbons (Fsp3) is 0.455. The molecule has 1 saturated heterocycles. The minimum atomic E-state index is -0.577. The summed E-state index contributed by atoms with van der Waals surface area (Å²) in [6.45, 7) is 5.35. The van der Waals surface area contributed by atoms with Gasteiger partial charge in [-0.2, -0.15) is 0 Å². The van der Waals surface area contributed by atoms with Gasteiger partial charge in [-0.3, -0.25) is 4.90 Å². The first kappa shape index (κ1) is 20.2. The highest BCUT2D eigenvalue weighted by molar-refractivity contribution is 6.30. The Kier molecular flexibility index (Phi) is 7.53. The van der Waals surface area contributed by atoms with Crippen LogP contribution in [0.25, 0.3) is 0 Å². The van der Waals surface area contributed by atoms with Crippen LogP contribution in [0.4, 0.5) is 0 Å². The lowest BCUT2D eigenvalue weighted by Gasteiger charge is -2.27. The molecule has 27 heavy (non-hydrogen) atoms. The van der Waals surface area contributed by atoms with Crippen molar-refractivity contribution in [3.05, 3.63) is 64.7 Å². The van der Waals surface area contributed by atoms with Crippen molar-refractivity contribution >= 4 is 11.6 Å². The van der Waals surface area contributed by atoms with E-state index in [0.29, 0.717) is 17.3 Å². The Balaban J connectivity index is 1.56. The minimum absolute atomic E-state index is 0.247. The number of nitrogens with zero attached hydrogens (tertiary/aromatic N) is 1. The van der Waals surface area contributed by atoms with Crippen molar-refractivity contribution in [3.63, 3.8) is 0 Å². The number of aliphatic hydroxyl groups excluding tert-OH is 1. The van der Waals surface area contributed by atoms with Crippen LogP contribution in [-0.4, -0.2) is 48.5 Å². The van der Waals surface area contributed by atoms with Crippen molar-refractivity contribution in [2.24, 2.45) is 0 Å². The monoisotopic (exact) mass is 389 g/mol. The average molecular weight is 390 g/mol. The van der Waals surface area contributed by atoms with Gasteiger partial charge in [-0.05, 0) is 49.6 Å². The number of hydrogen-bond donors (Lipinski definition) is 1.